The Hall–Kier alpha value is -2.04. The number of anilines is 1. The Morgan fingerprint density at radius 2 is 1.71 bits per heavy atom. The number of benzene rings is 2. The van der Waals surface area contributed by atoms with E-state index in [0.29, 0.717) is 18.7 Å². The van der Waals surface area contributed by atoms with Gasteiger partial charge < -0.3 is 15.0 Å². The first-order chi connectivity index (χ1) is 11.2. The van der Waals surface area contributed by atoms with Gasteiger partial charge >= 0.3 is 5.97 Å². The van der Waals surface area contributed by atoms with Crippen LogP contribution in [-0.2, 0) is 11.3 Å². The van der Waals surface area contributed by atoms with Crippen molar-refractivity contribution in [2.24, 2.45) is 0 Å². The van der Waals surface area contributed by atoms with Gasteiger partial charge in [-0.2, -0.15) is 0 Å². The predicted molar refractivity (Wildman–Crippen MR) is 101 cm³/mol. The molecule has 1 N–H and O–H groups in total. The molecule has 4 nitrogen and oxygen atoms in total. The van der Waals surface area contributed by atoms with Crippen molar-refractivity contribution in [3.63, 3.8) is 0 Å². The maximum Gasteiger partial charge on any atom is 0.340 e. The minimum Gasteiger partial charge on any atom is -0.462 e. The first kappa shape index (κ1) is 20.0. The van der Waals surface area contributed by atoms with Crippen LogP contribution in [0.15, 0.2) is 54.6 Å². The second-order valence-corrected chi connectivity index (χ2v) is 5.68. The van der Waals surface area contributed by atoms with Crippen molar-refractivity contribution in [1.29, 1.82) is 0 Å². The van der Waals surface area contributed by atoms with E-state index in [0.717, 1.165) is 18.7 Å². The van der Waals surface area contributed by atoms with Gasteiger partial charge in [-0.3, -0.25) is 0 Å². The summed E-state index contributed by atoms with van der Waals surface area (Å²) in [7, 11) is 4.01. The molecule has 0 amide bonds. The standard InChI is InChI=1S/C19H24N2O2.ClH/c1-21(2)13-8-14-23-19(22)17-11-6-7-12-18(17)20-15-16-9-4-3-5-10-16;/h3-7,9-12,20H,8,13-15H2,1-2H3;1H. The van der Waals surface area contributed by atoms with Gasteiger partial charge in [-0.05, 0) is 38.2 Å². The summed E-state index contributed by atoms with van der Waals surface area (Å²) in [5.74, 6) is -0.278. The van der Waals surface area contributed by atoms with Crippen LogP contribution in [0.5, 0.6) is 0 Å². The average molecular weight is 349 g/mol. The molecule has 0 fully saturated rings. The molecule has 2 rings (SSSR count). The fourth-order valence-electron chi connectivity index (χ4n) is 2.23. The SMILES string of the molecule is CN(C)CCCOC(=O)c1ccccc1NCc1ccccc1.Cl. The van der Waals surface area contributed by atoms with Crippen molar-refractivity contribution in [3.8, 4) is 0 Å². The summed E-state index contributed by atoms with van der Waals surface area (Å²) in [6.45, 7) is 2.01. The minimum atomic E-state index is -0.278. The third-order valence-corrected chi connectivity index (χ3v) is 3.46. The molecule has 0 atom stereocenters. The molecular weight excluding hydrogens is 324 g/mol. The zero-order valence-corrected chi connectivity index (χ0v) is 15.0. The summed E-state index contributed by atoms with van der Waals surface area (Å²) in [6, 6.07) is 17.6. The highest BCUT2D eigenvalue weighted by molar-refractivity contribution is 5.95. The van der Waals surface area contributed by atoms with E-state index in [1.54, 1.807) is 6.07 Å². The average Bonchev–Trinajstić information content (AvgIpc) is 2.58. The van der Waals surface area contributed by atoms with Gasteiger partial charge in [-0.1, -0.05) is 42.5 Å². The summed E-state index contributed by atoms with van der Waals surface area (Å²) in [5, 5.41) is 3.31. The molecule has 0 aliphatic rings. The molecule has 0 saturated heterocycles. The summed E-state index contributed by atoms with van der Waals surface area (Å²) in [4.78, 5) is 14.3. The molecule has 0 spiro atoms. The third-order valence-electron chi connectivity index (χ3n) is 3.46. The first-order valence-electron chi connectivity index (χ1n) is 7.85. The maximum absolute atomic E-state index is 12.2. The number of carbonyl (C=O) groups is 1. The van der Waals surface area contributed by atoms with Gasteiger partial charge in [-0.25, -0.2) is 4.79 Å². The summed E-state index contributed by atoms with van der Waals surface area (Å²) < 4.78 is 5.37. The van der Waals surface area contributed by atoms with Crippen LogP contribution in [0.2, 0.25) is 0 Å². The number of halogens is 1. The van der Waals surface area contributed by atoms with E-state index in [1.807, 2.05) is 50.5 Å². The zero-order chi connectivity index (χ0) is 16.5. The van der Waals surface area contributed by atoms with Crippen LogP contribution in [0.25, 0.3) is 0 Å². The van der Waals surface area contributed by atoms with Crippen molar-refractivity contribution in [2.75, 3.05) is 32.6 Å². The maximum atomic E-state index is 12.2. The van der Waals surface area contributed by atoms with E-state index in [2.05, 4.69) is 22.3 Å². The van der Waals surface area contributed by atoms with Crippen LogP contribution in [0.4, 0.5) is 5.69 Å². The Morgan fingerprint density at radius 1 is 1.04 bits per heavy atom. The molecule has 2 aromatic carbocycles. The van der Waals surface area contributed by atoms with E-state index in [4.69, 9.17) is 4.74 Å². The van der Waals surface area contributed by atoms with Gasteiger partial charge in [0, 0.05) is 18.8 Å². The Labute approximate surface area is 150 Å². The second kappa shape index (κ2) is 10.7. The van der Waals surface area contributed by atoms with Crippen LogP contribution in [0.3, 0.4) is 0 Å². The van der Waals surface area contributed by atoms with Crippen LogP contribution < -0.4 is 5.32 Å². The van der Waals surface area contributed by atoms with Crippen LogP contribution in [0, 0.1) is 0 Å². The van der Waals surface area contributed by atoms with Gasteiger partial charge in [-0.15, -0.1) is 12.4 Å². The number of nitrogens with one attached hydrogen (secondary N) is 1. The number of nitrogens with zero attached hydrogens (tertiary/aromatic N) is 1. The quantitative estimate of drug-likeness (QED) is 0.581. The summed E-state index contributed by atoms with van der Waals surface area (Å²) in [5.41, 5.74) is 2.55. The molecule has 130 valence electrons. The lowest BCUT2D eigenvalue weighted by Gasteiger charge is -2.13. The highest BCUT2D eigenvalue weighted by Gasteiger charge is 2.12. The van der Waals surface area contributed by atoms with Crippen molar-refractivity contribution >= 4 is 24.1 Å². The second-order valence-electron chi connectivity index (χ2n) is 5.68. The normalized spacial score (nSPS) is 10.1. The number of hydrogen-bond acceptors (Lipinski definition) is 4. The van der Waals surface area contributed by atoms with E-state index in [-0.39, 0.29) is 18.4 Å². The molecule has 0 bridgehead atoms. The van der Waals surface area contributed by atoms with Gasteiger partial charge in [0.2, 0.25) is 0 Å². The van der Waals surface area contributed by atoms with Crippen molar-refractivity contribution in [1.82, 2.24) is 4.90 Å². The third kappa shape index (κ3) is 6.60. The van der Waals surface area contributed by atoms with Crippen LogP contribution >= 0.6 is 12.4 Å². The van der Waals surface area contributed by atoms with E-state index < -0.39 is 0 Å². The fraction of sp³-hybridized carbons (Fsp3) is 0.316. The largest absolute Gasteiger partial charge is 0.462 e. The summed E-state index contributed by atoms with van der Waals surface area (Å²) in [6.07, 6.45) is 0.832. The Kier molecular flexibility index (Phi) is 8.90. The molecule has 0 unspecified atom stereocenters. The highest BCUT2D eigenvalue weighted by atomic mass is 35.5. The molecule has 0 saturated carbocycles. The molecule has 0 radical (unpaired) electrons. The zero-order valence-electron chi connectivity index (χ0n) is 14.2. The van der Waals surface area contributed by atoms with Gasteiger partial charge in [0.05, 0.1) is 12.2 Å². The Bertz CT molecular complexity index is 618. The van der Waals surface area contributed by atoms with Crippen LogP contribution in [-0.4, -0.2) is 38.1 Å². The monoisotopic (exact) mass is 348 g/mol. The fourth-order valence-corrected chi connectivity index (χ4v) is 2.23. The van der Waals surface area contributed by atoms with Gasteiger partial charge in [0.15, 0.2) is 0 Å². The van der Waals surface area contributed by atoms with Crippen molar-refractivity contribution < 1.29 is 9.53 Å². The molecule has 5 heteroatoms. The molecule has 0 aliphatic carbocycles. The number of hydrogen-bond donors (Lipinski definition) is 1. The summed E-state index contributed by atoms with van der Waals surface area (Å²) >= 11 is 0. The van der Waals surface area contributed by atoms with Gasteiger partial charge in [0.25, 0.3) is 0 Å². The Balaban J connectivity index is 0.00000288. The number of carbonyl (C=O) groups excluding carboxylic acids is 1. The van der Waals surface area contributed by atoms with E-state index in [1.165, 1.54) is 5.56 Å². The number of ether oxygens (including phenoxy) is 1. The van der Waals surface area contributed by atoms with Crippen LogP contribution in [0.1, 0.15) is 22.3 Å². The number of para-hydroxylation sites is 1. The number of esters is 1. The lowest BCUT2D eigenvalue weighted by molar-refractivity contribution is 0.0494. The Morgan fingerprint density at radius 3 is 2.42 bits per heavy atom. The first-order valence-corrected chi connectivity index (χ1v) is 7.85. The minimum absolute atomic E-state index is 0. The lowest BCUT2D eigenvalue weighted by atomic mass is 10.1. The van der Waals surface area contributed by atoms with Crippen molar-refractivity contribution in [3.05, 3.63) is 65.7 Å². The molecule has 0 heterocycles. The van der Waals surface area contributed by atoms with Crippen molar-refractivity contribution in [2.45, 2.75) is 13.0 Å². The predicted octanol–water partition coefficient (Wildman–Crippen LogP) is 3.83. The molecular formula is C19H25ClN2O2. The van der Waals surface area contributed by atoms with E-state index in [9.17, 15) is 4.79 Å². The molecule has 0 aromatic heterocycles. The van der Waals surface area contributed by atoms with Gasteiger partial charge in [0.1, 0.15) is 0 Å². The van der Waals surface area contributed by atoms with E-state index >= 15 is 0 Å². The smallest absolute Gasteiger partial charge is 0.340 e. The molecule has 0 aliphatic heterocycles. The molecule has 2 aromatic rings. The highest BCUT2D eigenvalue weighted by Crippen LogP contribution is 2.17. The lowest BCUT2D eigenvalue weighted by Crippen LogP contribution is -2.16. The topological polar surface area (TPSA) is 41.6 Å². The molecule has 24 heavy (non-hydrogen) atoms. The number of rotatable bonds is 8.